The van der Waals surface area contributed by atoms with Gasteiger partial charge in [0.1, 0.15) is 0 Å². The molecule has 1 aromatic heterocycles. The third-order valence-corrected chi connectivity index (χ3v) is 5.55. The molecule has 2 rings (SSSR count). The Kier molecular flexibility index (Phi) is 6.33. The van der Waals surface area contributed by atoms with Gasteiger partial charge in [0.25, 0.3) is 0 Å². The van der Waals surface area contributed by atoms with E-state index in [-0.39, 0.29) is 40.2 Å². The second kappa shape index (κ2) is 8.09. The Labute approximate surface area is 160 Å². The van der Waals surface area contributed by atoms with E-state index in [0.29, 0.717) is 16.3 Å². The van der Waals surface area contributed by atoms with Gasteiger partial charge in [0.2, 0.25) is 0 Å². The molecule has 25 heavy (non-hydrogen) atoms. The first kappa shape index (κ1) is 19.6. The van der Waals surface area contributed by atoms with Crippen molar-refractivity contribution >= 4 is 17.5 Å². The number of hydrogen-bond acceptors (Lipinski definition) is 5. The van der Waals surface area contributed by atoms with Gasteiger partial charge in [-0.3, -0.25) is 10.1 Å². The van der Waals surface area contributed by atoms with Crippen LogP contribution in [0.5, 0.6) is 0 Å². The van der Waals surface area contributed by atoms with Crippen LogP contribution in [0.2, 0.25) is 5.02 Å². The molecule has 136 valence electrons. The van der Waals surface area contributed by atoms with E-state index in [1.54, 1.807) is 26.1 Å². The molecule has 2 aromatic rings. The first-order valence-corrected chi connectivity index (χ1v) is 11.0. The molecule has 0 saturated carbocycles. The molecule has 1 amide bonds. The number of halogens is 2. The van der Waals surface area contributed by atoms with Gasteiger partial charge in [-0.25, -0.2) is 0 Å². The van der Waals surface area contributed by atoms with Gasteiger partial charge in [0.05, 0.1) is 0 Å². The van der Waals surface area contributed by atoms with E-state index < -0.39 is 10.5 Å². The maximum atomic E-state index is 12.6. The summed E-state index contributed by atoms with van der Waals surface area (Å²) in [4.78, 5) is 24.7. The van der Waals surface area contributed by atoms with Gasteiger partial charge >= 0.3 is 150 Å². The molecule has 10 heteroatoms. The van der Waals surface area contributed by atoms with Gasteiger partial charge in [-0.05, 0) is 0 Å². The zero-order valence-electron chi connectivity index (χ0n) is 14.0. The summed E-state index contributed by atoms with van der Waals surface area (Å²) in [6.45, 7) is 3.48. The molecule has 1 heterocycles. The van der Waals surface area contributed by atoms with Crippen molar-refractivity contribution in [2.75, 3.05) is 11.5 Å². The van der Waals surface area contributed by atoms with E-state index in [1.165, 1.54) is 4.68 Å². The molecular formula is C15H18ClIN5O3-. The molecule has 0 spiro atoms. The average molecular weight is 479 g/mol. The van der Waals surface area contributed by atoms with Crippen LogP contribution in [-0.2, 0) is 12.1 Å². The molecule has 0 aliphatic rings. The molecular weight excluding hydrogens is 461 g/mol. The van der Waals surface area contributed by atoms with Crippen LogP contribution < -0.4 is 26.5 Å². The van der Waals surface area contributed by atoms with E-state index in [4.69, 9.17) is 11.6 Å². The fraction of sp³-hybridized carbons (Fsp3) is 0.400. The van der Waals surface area contributed by atoms with Crippen LogP contribution in [-0.4, -0.2) is 37.3 Å². The van der Waals surface area contributed by atoms with Crippen LogP contribution in [0.25, 0.3) is 0 Å². The van der Waals surface area contributed by atoms with Gasteiger partial charge in [-0.15, -0.1) is 0 Å². The Morgan fingerprint density at radius 2 is 2.16 bits per heavy atom. The molecule has 0 unspecified atom stereocenters. The molecule has 0 aliphatic carbocycles. The molecule has 1 N–H and O–H groups in total. The number of benzene rings is 1. The fourth-order valence-corrected chi connectivity index (χ4v) is 3.81. The molecule has 0 aliphatic heterocycles. The normalized spacial score (nSPS) is 11.5. The van der Waals surface area contributed by atoms with E-state index in [1.807, 2.05) is 12.1 Å². The number of rotatable bonds is 7. The van der Waals surface area contributed by atoms with Crippen molar-refractivity contribution < 1.29 is 30.9 Å². The zero-order chi connectivity index (χ0) is 18.6. The van der Waals surface area contributed by atoms with Crippen LogP contribution in [0.3, 0.4) is 0 Å². The molecule has 0 radical (unpaired) electrons. The van der Waals surface area contributed by atoms with Gasteiger partial charge in [-0.1, -0.05) is 0 Å². The summed E-state index contributed by atoms with van der Waals surface area (Å²) in [5.41, 5.74) is 0.237. The number of carbonyl (C=O) groups excluding carboxylic acids is 1. The quantitative estimate of drug-likeness (QED) is 0.232. The summed E-state index contributed by atoms with van der Waals surface area (Å²) in [6.07, 6.45) is 1.60. The Morgan fingerprint density at radius 3 is 2.80 bits per heavy atom. The van der Waals surface area contributed by atoms with Crippen molar-refractivity contribution in [3.05, 3.63) is 54.4 Å². The third-order valence-electron chi connectivity index (χ3n) is 3.46. The van der Waals surface area contributed by atoms with Crippen molar-refractivity contribution in [2.45, 2.75) is 25.9 Å². The second-order valence-electron chi connectivity index (χ2n) is 5.85. The summed E-state index contributed by atoms with van der Waals surface area (Å²) in [5, 5.41) is 21.8. The van der Waals surface area contributed by atoms with Gasteiger partial charge in [0, 0.05) is 0 Å². The summed E-state index contributed by atoms with van der Waals surface area (Å²) in [6, 6.07) is 5.35. The van der Waals surface area contributed by atoms with Crippen molar-refractivity contribution in [1.29, 1.82) is 0 Å². The first-order valence-electron chi connectivity index (χ1n) is 7.36. The van der Waals surface area contributed by atoms with Crippen molar-refractivity contribution in [1.82, 2.24) is 20.3 Å². The number of alkyl halides is 1. The third kappa shape index (κ3) is 5.36. The molecule has 8 nitrogen and oxygen atoms in total. The monoisotopic (exact) mass is 478 g/mol. The number of nitrogens with zero attached hydrogens (tertiary/aromatic N) is 4. The minimum atomic E-state index is -0.784. The molecule has 0 atom stereocenters. The number of nitrogens with one attached hydrogen (secondary N) is 1. The fourth-order valence-electron chi connectivity index (χ4n) is 2.09. The predicted octanol–water partition coefficient (Wildman–Crippen LogP) is -1.24. The first-order chi connectivity index (χ1) is 11.7. The van der Waals surface area contributed by atoms with Crippen LogP contribution in [0.15, 0.2) is 24.4 Å². The Bertz CT molecular complexity index is 793. The number of nitro groups is 1. The van der Waals surface area contributed by atoms with Crippen molar-refractivity contribution in [3.8, 4) is 0 Å². The van der Waals surface area contributed by atoms with E-state index in [0.717, 1.165) is 3.57 Å². The van der Waals surface area contributed by atoms with E-state index in [2.05, 4.69) is 20.6 Å². The molecule has 0 fully saturated rings. The molecule has 0 saturated heterocycles. The minimum absolute atomic E-state index is 0.127. The average Bonchev–Trinajstić information content (AvgIpc) is 3.01. The van der Waals surface area contributed by atoms with E-state index >= 15 is 0 Å². The number of aromatic nitrogens is 3. The predicted molar refractivity (Wildman–Crippen MR) is 88.4 cm³/mol. The Balaban J connectivity index is 2.13. The second-order valence-corrected chi connectivity index (χ2v) is 8.61. The standard InChI is InChI=1S/C15H18ClIN5O3/c1-15(2,13-9-21(20-19-13)4-5-22(24)25)18-14(23)10-6-11(16)8-12(7-10)17-3/h6-9H,4-5H2,1-3H3,(H,18,23)/q-1. The zero-order valence-corrected chi connectivity index (χ0v) is 16.9. The summed E-state index contributed by atoms with van der Waals surface area (Å²) < 4.78 is 2.48. The van der Waals surface area contributed by atoms with Crippen LogP contribution in [0.4, 0.5) is 0 Å². The van der Waals surface area contributed by atoms with Crippen molar-refractivity contribution in [2.24, 2.45) is 0 Å². The topological polar surface area (TPSA) is 103 Å². The SMILES string of the molecule is C[I-]c1cc(Cl)cc(C(=O)NC(C)(C)c2cn(CC[N+](=O)[O-])nn2)c1. The van der Waals surface area contributed by atoms with Gasteiger partial charge < -0.3 is 0 Å². The summed E-state index contributed by atoms with van der Waals surface area (Å²) in [7, 11) is 0. The summed E-state index contributed by atoms with van der Waals surface area (Å²) >= 11 is 5.90. The van der Waals surface area contributed by atoms with Crippen LogP contribution in [0.1, 0.15) is 29.9 Å². The van der Waals surface area contributed by atoms with Gasteiger partial charge in [-0.2, -0.15) is 0 Å². The Hall–Kier alpha value is -1.75. The number of carbonyl (C=O) groups is 1. The maximum absolute atomic E-state index is 12.6. The van der Waals surface area contributed by atoms with Crippen LogP contribution >= 0.6 is 11.6 Å². The number of hydrogen-bond donors (Lipinski definition) is 1. The number of amides is 1. The van der Waals surface area contributed by atoms with Crippen molar-refractivity contribution in [3.63, 3.8) is 0 Å². The van der Waals surface area contributed by atoms with Gasteiger partial charge in [0.15, 0.2) is 0 Å². The van der Waals surface area contributed by atoms with E-state index in [9.17, 15) is 14.9 Å². The molecule has 0 bridgehead atoms. The Morgan fingerprint density at radius 1 is 1.44 bits per heavy atom. The summed E-state index contributed by atoms with van der Waals surface area (Å²) in [5.74, 6) is -0.258. The van der Waals surface area contributed by atoms with Crippen LogP contribution in [0, 0.1) is 13.7 Å². The molecule has 1 aromatic carbocycles.